The molecule has 0 saturated carbocycles. The van der Waals surface area contributed by atoms with Crippen molar-refractivity contribution in [1.82, 2.24) is 15.5 Å². The summed E-state index contributed by atoms with van der Waals surface area (Å²) in [5.74, 6) is -3.30. The second-order valence-corrected chi connectivity index (χ2v) is 9.71. The van der Waals surface area contributed by atoms with Gasteiger partial charge in [-0.25, -0.2) is 4.79 Å². The molecule has 12 nitrogen and oxygen atoms in total. The minimum Gasteiger partial charge on any atom is -0.477 e. The fourth-order valence-electron chi connectivity index (χ4n) is 3.99. The zero-order valence-corrected chi connectivity index (χ0v) is 20.2. The van der Waals surface area contributed by atoms with Crippen LogP contribution in [0.2, 0.25) is 0 Å². The third-order valence-electron chi connectivity index (χ3n) is 5.69. The van der Waals surface area contributed by atoms with Crippen LogP contribution in [0.15, 0.2) is 66.4 Å². The van der Waals surface area contributed by atoms with E-state index in [1.807, 2.05) is 0 Å². The van der Waals surface area contributed by atoms with Gasteiger partial charge in [0.15, 0.2) is 12.4 Å². The number of nitrogens with one attached hydrogen (secondary N) is 2. The number of carbonyl (C=O) groups excluding carboxylic acids is 3. The number of carbonyl (C=O) groups is 4. The second kappa shape index (κ2) is 10.7. The molecule has 4 rings (SSSR count). The van der Waals surface area contributed by atoms with E-state index in [1.54, 1.807) is 37.3 Å². The van der Waals surface area contributed by atoms with Crippen LogP contribution in [0, 0.1) is 10.1 Å². The van der Waals surface area contributed by atoms with E-state index in [0.717, 1.165) is 4.90 Å². The highest BCUT2D eigenvalue weighted by molar-refractivity contribution is 8.00. The number of fused-ring (bicyclic) bond motifs is 1. The first-order valence-electron chi connectivity index (χ1n) is 11.1. The molecular weight excluding hydrogens is 504 g/mol. The molecule has 0 spiro atoms. The van der Waals surface area contributed by atoms with Crippen LogP contribution in [0.25, 0.3) is 0 Å². The summed E-state index contributed by atoms with van der Waals surface area (Å²) in [7, 11) is 0. The number of para-hydroxylation sites is 2. The number of aliphatic carboxylic acids is 1. The third kappa shape index (κ3) is 5.40. The molecule has 0 aromatic heterocycles. The van der Waals surface area contributed by atoms with Gasteiger partial charge in [-0.1, -0.05) is 42.5 Å². The lowest BCUT2D eigenvalue weighted by atomic mass is 10.0. The predicted octanol–water partition coefficient (Wildman–Crippen LogP) is 1.59. The topological polar surface area (TPSA) is 168 Å². The van der Waals surface area contributed by atoms with Gasteiger partial charge in [0.2, 0.25) is 5.91 Å². The number of amides is 3. The number of β-lactam (4-membered cyclic amide) rings is 1. The predicted molar refractivity (Wildman–Crippen MR) is 131 cm³/mol. The summed E-state index contributed by atoms with van der Waals surface area (Å²) in [5, 5.41) is 25.0. The fourth-order valence-corrected chi connectivity index (χ4v) is 5.31. The van der Waals surface area contributed by atoms with Crippen LogP contribution in [0.1, 0.15) is 18.5 Å². The average Bonchev–Trinajstić information content (AvgIpc) is 2.89. The van der Waals surface area contributed by atoms with Crippen molar-refractivity contribution in [1.29, 1.82) is 0 Å². The summed E-state index contributed by atoms with van der Waals surface area (Å²) in [6, 6.07) is 11.7. The van der Waals surface area contributed by atoms with Crippen LogP contribution in [0.5, 0.6) is 5.75 Å². The molecule has 2 aromatic rings. The van der Waals surface area contributed by atoms with E-state index in [-0.39, 0.29) is 22.4 Å². The van der Waals surface area contributed by atoms with Crippen molar-refractivity contribution in [2.45, 2.75) is 29.6 Å². The number of ether oxygens (including phenoxy) is 1. The standard InChI is InChI=1S/C24H22N4O8S/c1-13-11-16(24(32)33)27-22(31)20(23(27)37-13)26-21(30)19(14-7-3-2-4-8-14)25-18(29)12-36-17-10-6-5-9-15(17)28(34)35/h2-11,13,19-20,23H,12H2,1H3,(H,25,29)(H,26,30)(H,32,33)/t13?,19?,20?,23-/m1/s1. The number of carboxylic acid groups (broad SMARTS) is 1. The van der Waals surface area contributed by atoms with Gasteiger partial charge >= 0.3 is 11.7 Å². The van der Waals surface area contributed by atoms with E-state index in [4.69, 9.17) is 4.74 Å². The van der Waals surface area contributed by atoms with Crippen LogP contribution >= 0.6 is 11.8 Å². The van der Waals surface area contributed by atoms with Crippen LogP contribution in [-0.2, 0) is 19.2 Å². The number of hydrogen-bond donors (Lipinski definition) is 3. The largest absolute Gasteiger partial charge is 0.477 e. The molecule has 13 heteroatoms. The van der Waals surface area contributed by atoms with E-state index in [1.165, 1.54) is 42.1 Å². The number of carboxylic acids is 1. The van der Waals surface area contributed by atoms with Crippen molar-refractivity contribution >= 4 is 41.1 Å². The third-order valence-corrected chi connectivity index (χ3v) is 7.01. The number of hydrogen-bond acceptors (Lipinski definition) is 8. The van der Waals surface area contributed by atoms with Gasteiger partial charge in [-0.2, -0.15) is 0 Å². The summed E-state index contributed by atoms with van der Waals surface area (Å²) >= 11 is 1.33. The minimum atomic E-state index is -1.23. The first-order chi connectivity index (χ1) is 17.7. The molecule has 3 amide bonds. The Morgan fingerprint density at radius 2 is 1.84 bits per heavy atom. The normalized spacial score (nSPS) is 21.0. The van der Waals surface area contributed by atoms with Crippen LogP contribution in [0.4, 0.5) is 5.69 Å². The molecule has 37 heavy (non-hydrogen) atoms. The smallest absolute Gasteiger partial charge is 0.352 e. The van der Waals surface area contributed by atoms with Crippen molar-refractivity contribution < 1.29 is 33.9 Å². The zero-order valence-electron chi connectivity index (χ0n) is 19.4. The number of nitrogens with zero attached hydrogens (tertiary/aromatic N) is 2. The molecule has 3 unspecified atom stereocenters. The van der Waals surface area contributed by atoms with E-state index >= 15 is 0 Å². The minimum absolute atomic E-state index is 0.103. The molecule has 1 saturated heterocycles. The highest BCUT2D eigenvalue weighted by Crippen LogP contribution is 2.40. The maximum absolute atomic E-state index is 13.3. The highest BCUT2D eigenvalue weighted by atomic mass is 32.2. The van der Waals surface area contributed by atoms with Gasteiger partial charge in [-0.05, 0) is 24.6 Å². The Kier molecular flexibility index (Phi) is 7.43. The molecular formula is C24H22N4O8S. The van der Waals surface area contributed by atoms with Crippen molar-refractivity contribution in [3.63, 3.8) is 0 Å². The van der Waals surface area contributed by atoms with Crippen LogP contribution in [0.3, 0.4) is 0 Å². The number of nitro groups is 1. The number of benzene rings is 2. The van der Waals surface area contributed by atoms with E-state index in [0.29, 0.717) is 5.56 Å². The van der Waals surface area contributed by atoms with Gasteiger partial charge in [0, 0.05) is 11.3 Å². The van der Waals surface area contributed by atoms with Crippen LogP contribution in [-0.4, -0.2) is 61.9 Å². The zero-order chi connectivity index (χ0) is 26.7. The van der Waals surface area contributed by atoms with Crippen molar-refractivity contribution in [3.8, 4) is 5.75 Å². The Hall–Kier alpha value is -4.39. The number of thioether (sulfide) groups is 1. The molecule has 2 aromatic carbocycles. The molecule has 2 aliphatic heterocycles. The number of rotatable bonds is 9. The lowest BCUT2D eigenvalue weighted by Crippen LogP contribution is -2.71. The second-order valence-electron chi connectivity index (χ2n) is 8.21. The maximum atomic E-state index is 13.3. The molecule has 1 fully saturated rings. The molecule has 0 aliphatic carbocycles. The van der Waals surface area contributed by atoms with Crippen molar-refractivity contribution in [3.05, 3.63) is 82.0 Å². The molecule has 0 bridgehead atoms. The first-order valence-corrected chi connectivity index (χ1v) is 12.1. The van der Waals surface area contributed by atoms with Gasteiger partial charge in [0.25, 0.3) is 11.8 Å². The lowest BCUT2D eigenvalue weighted by molar-refractivity contribution is -0.385. The molecule has 2 heterocycles. The quantitative estimate of drug-likeness (QED) is 0.250. The molecule has 192 valence electrons. The first kappa shape index (κ1) is 25.7. The monoisotopic (exact) mass is 526 g/mol. The van der Waals surface area contributed by atoms with E-state index in [2.05, 4.69) is 10.6 Å². The van der Waals surface area contributed by atoms with E-state index in [9.17, 15) is 34.4 Å². The van der Waals surface area contributed by atoms with Gasteiger partial charge in [-0.3, -0.25) is 29.4 Å². The van der Waals surface area contributed by atoms with Crippen LogP contribution < -0.4 is 15.4 Å². The summed E-state index contributed by atoms with van der Waals surface area (Å²) in [5.41, 5.74) is -0.0139. The highest BCUT2D eigenvalue weighted by Gasteiger charge is 2.54. The Balaban J connectivity index is 1.46. The van der Waals surface area contributed by atoms with E-state index < -0.39 is 52.7 Å². The molecule has 4 atom stereocenters. The summed E-state index contributed by atoms with van der Waals surface area (Å²) < 4.78 is 5.31. The maximum Gasteiger partial charge on any atom is 0.352 e. The van der Waals surface area contributed by atoms with Crippen molar-refractivity contribution in [2.75, 3.05) is 6.61 Å². The SMILES string of the molecule is CC1C=C(C(=O)O)N2C(=O)C(NC(=O)C(NC(=O)COc3ccccc3[N+](=O)[O-])c3ccccc3)[C@H]2S1. The fraction of sp³-hybridized carbons (Fsp3) is 0.250. The Labute approximate surface area is 214 Å². The van der Waals surface area contributed by atoms with Gasteiger partial charge < -0.3 is 20.5 Å². The Morgan fingerprint density at radius 1 is 1.16 bits per heavy atom. The van der Waals surface area contributed by atoms with Gasteiger partial charge in [0.05, 0.1) is 4.92 Å². The van der Waals surface area contributed by atoms with Gasteiger partial charge in [-0.15, -0.1) is 11.8 Å². The summed E-state index contributed by atoms with van der Waals surface area (Å²) in [6.07, 6.45) is 1.48. The lowest BCUT2D eigenvalue weighted by Gasteiger charge is -2.49. The van der Waals surface area contributed by atoms with Crippen molar-refractivity contribution in [2.24, 2.45) is 0 Å². The van der Waals surface area contributed by atoms with Gasteiger partial charge in [0.1, 0.15) is 23.2 Å². The molecule has 3 N–H and O–H groups in total. The summed E-state index contributed by atoms with van der Waals surface area (Å²) in [4.78, 5) is 61.8. The molecule has 2 aliphatic rings. The molecule has 0 radical (unpaired) electrons. The number of nitro benzene ring substituents is 1. The average molecular weight is 527 g/mol. The summed E-state index contributed by atoms with van der Waals surface area (Å²) in [6.45, 7) is 1.19. The Bertz CT molecular complexity index is 1280. The Morgan fingerprint density at radius 3 is 2.51 bits per heavy atom.